The Morgan fingerprint density at radius 2 is 2.10 bits per heavy atom. The van der Waals surface area contributed by atoms with Crippen LogP contribution in [-0.2, 0) is 9.05 Å². The first-order valence-electron chi connectivity index (χ1n) is 2.20. The third-order valence-corrected chi connectivity index (χ3v) is 1.95. The van der Waals surface area contributed by atoms with Crippen molar-refractivity contribution in [2.24, 2.45) is 0 Å². The highest BCUT2D eigenvalue weighted by Crippen LogP contribution is 2.16. The van der Waals surface area contributed by atoms with Crippen molar-refractivity contribution in [1.29, 1.82) is 0 Å². The molecule has 6 heteroatoms. The summed E-state index contributed by atoms with van der Waals surface area (Å²) in [5, 5.41) is -0.577. The molecule has 0 saturated carbocycles. The summed E-state index contributed by atoms with van der Waals surface area (Å²) in [4.78, 5) is 0. The first-order valence-corrected chi connectivity index (χ1v) is 4.51. The Bertz CT molecular complexity index is 328. The fourth-order valence-electron chi connectivity index (χ4n) is 0.429. The molecule has 0 atom stereocenters. The van der Waals surface area contributed by atoms with Gasteiger partial charge in [0.15, 0.2) is 0 Å². The Balaban J connectivity index is 3.21. The highest BCUT2D eigenvalue weighted by molar-refractivity contribution is 8.13. The van der Waals surface area contributed by atoms with Crippen LogP contribution >= 0.6 is 10.7 Å². The summed E-state index contributed by atoms with van der Waals surface area (Å²) in [6.45, 7) is 0. The molecule has 0 fully saturated rings. The number of hydrogen-bond donors (Lipinski definition) is 0. The average molecular weight is 185 g/mol. The van der Waals surface area contributed by atoms with Crippen molar-refractivity contribution < 1.29 is 17.2 Å². The minimum absolute atomic E-state index is 0.577. The molecule has 56 valence electrons. The van der Waals surface area contributed by atoms with Gasteiger partial charge in [0.05, 0.1) is 0 Å². The monoisotopic (exact) mass is 184 g/mol. The SMILES string of the molecule is O=S(=O)(Cl)c1ccc(F)o1. The molecule has 0 N–H and O–H groups in total. The van der Waals surface area contributed by atoms with Gasteiger partial charge in [-0.1, -0.05) is 0 Å². The van der Waals surface area contributed by atoms with Gasteiger partial charge in [-0.3, -0.25) is 0 Å². The summed E-state index contributed by atoms with van der Waals surface area (Å²) in [5.74, 6) is 0. The van der Waals surface area contributed by atoms with E-state index in [1.54, 1.807) is 0 Å². The molecule has 0 amide bonds. The standard InChI is InChI=1S/C4H2ClFO3S/c5-10(7,8)4-2-1-3(6)9-4/h1-2H. The molecule has 0 saturated heterocycles. The Morgan fingerprint density at radius 1 is 1.50 bits per heavy atom. The zero-order valence-corrected chi connectivity index (χ0v) is 6.12. The van der Waals surface area contributed by atoms with E-state index in [-0.39, 0.29) is 0 Å². The van der Waals surface area contributed by atoms with Crippen LogP contribution < -0.4 is 0 Å². The lowest BCUT2D eigenvalue weighted by Gasteiger charge is -1.83. The normalized spacial score (nSPS) is 11.8. The third-order valence-electron chi connectivity index (χ3n) is 0.789. The van der Waals surface area contributed by atoms with Crippen LogP contribution in [0.2, 0.25) is 0 Å². The highest BCUT2D eigenvalue weighted by atomic mass is 35.7. The van der Waals surface area contributed by atoms with Gasteiger partial charge in [0.1, 0.15) is 0 Å². The van der Waals surface area contributed by atoms with Crippen LogP contribution in [0.25, 0.3) is 0 Å². The molecular formula is C4H2ClFO3S. The minimum atomic E-state index is -3.92. The molecule has 0 aromatic carbocycles. The summed E-state index contributed by atoms with van der Waals surface area (Å²) in [6.07, 6.45) is 0. The minimum Gasteiger partial charge on any atom is -0.418 e. The summed E-state index contributed by atoms with van der Waals surface area (Å²) in [7, 11) is 0.867. The van der Waals surface area contributed by atoms with Gasteiger partial charge in [0.25, 0.3) is 15.1 Å². The summed E-state index contributed by atoms with van der Waals surface area (Å²) >= 11 is 0. The predicted molar refractivity (Wildman–Crippen MR) is 31.7 cm³/mol. The van der Waals surface area contributed by atoms with Crippen LogP contribution in [0.15, 0.2) is 21.6 Å². The molecule has 0 aliphatic heterocycles. The molecule has 0 bridgehead atoms. The zero-order valence-electron chi connectivity index (χ0n) is 4.54. The third kappa shape index (κ3) is 1.48. The molecule has 1 heterocycles. The van der Waals surface area contributed by atoms with Crippen molar-refractivity contribution in [3.63, 3.8) is 0 Å². The van der Waals surface area contributed by atoms with Gasteiger partial charge < -0.3 is 4.42 Å². The van der Waals surface area contributed by atoms with Crippen molar-refractivity contribution in [2.45, 2.75) is 5.09 Å². The van der Waals surface area contributed by atoms with Gasteiger partial charge >= 0.3 is 0 Å². The molecule has 0 aliphatic carbocycles. The van der Waals surface area contributed by atoms with E-state index >= 15 is 0 Å². The van der Waals surface area contributed by atoms with Crippen LogP contribution in [0.4, 0.5) is 4.39 Å². The van der Waals surface area contributed by atoms with Crippen LogP contribution in [-0.4, -0.2) is 8.42 Å². The molecule has 0 radical (unpaired) electrons. The molecule has 3 nitrogen and oxygen atoms in total. The lowest BCUT2D eigenvalue weighted by molar-refractivity contribution is 0.308. The Morgan fingerprint density at radius 3 is 2.30 bits per heavy atom. The van der Waals surface area contributed by atoms with Gasteiger partial charge in [-0.2, -0.15) is 4.39 Å². The molecule has 0 unspecified atom stereocenters. The van der Waals surface area contributed by atoms with Crippen LogP contribution in [0.1, 0.15) is 0 Å². The first kappa shape index (κ1) is 7.56. The topological polar surface area (TPSA) is 47.3 Å². The van der Waals surface area contributed by atoms with E-state index in [1.165, 1.54) is 0 Å². The van der Waals surface area contributed by atoms with E-state index in [1.807, 2.05) is 0 Å². The largest absolute Gasteiger partial charge is 0.418 e. The van der Waals surface area contributed by atoms with Crippen LogP contribution in [0.3, 0.4) is 0 Å². The zero-order chi connectivity index (χ0) is 7.78. The van der Waals surface area contributed by atoms with Crippen molar-refractivity contribution in [3.8, 4) is 0 Å². The quantitative estimate of drug-likeness (QED) is 0.619. The summed E-state index contributed by atoms with van der Waals surface area (Å²) < 4.78 is 36.7. The fourth-order valence-corrected chi connectivity index (χ4v) is 1.09. The number of halogens is 2. The van der Waals surface area contributed by atoms with E-state index in [0.717, 1.165) is 12.1 Å². The summed E-state index contributed by atoms with van der Waals surface area (Å²) in [6, 6.07) is 0.839. The van der Waals surface area contributed by atoms with Gasteiger partial charge in [-0.05, 0) is 0 Å². The Kier molecular flexibility index (Phi) is 1.70. The van der Waals surface area contributed by atoms with E-state index in [4.69, 9.17) is 10.7 Å². The van der Waals surface area contributed by atoms with Gasteiger partial charge in [-0.15, -0.1) is 0 Å². The Hall–Kier alpha value is -0.550. The maximum absolute atomic E-state index is 12.0. The number of hydrogen-bond acceptors (Lipinski definition) is 3. The van der Waals surface area contributed by atoms with E-state index in [2.05, 4.69) is 4.42 Å². The van der Waals surface area contributed by atoms with E-state index in [0.29, 0.717) is 0 Å². The summed E-state index contributed by atoms with van der Waals surface area (Å²) in [5.41, 5.74) is 0. The fraction of sp³-hybridized carbons (Fsp3) is 0. The maximum Gasteiger partial charge on any atom is 0.294 e. The van der Waals surface area contributed by atoms with Crippen molar-refractivity contribution in [1.82, 2.24) is 0 Å². The van der Waals surface area contributed by atoms with Gasteiger partial charge in [0.2, 0.25) is 5.09 Å². The van der Waals surface area contributed by atoms with Crippen LogP contribution in [0, 0.1) is 6.01 Å². The molecule has 1 aromatic heterocycles. The van der Waals surface area contributed by atoms with Gasteiger partial charge in [0, 0.05) is 22.8 Å². The van der Waals surface area contributed by atoms with Crippen molar-refractivity contribution in [2.75, 3.05) is 0 Å². The Labute approximate surface area is 60.8 Å². The molecule has 0 spiro atoms. The lowest BCUT2D eigenvalue weighted by Crippen LogP contribution is -1.85. The van der Waals surface area contributed by atoms with Crippen molar-refractivity contribution >= 4 is 19.7 Å². The molecule has 1 rings (SSSR count). The number of furan rings is 1. The maximum atomic E-state index is 12.0. The highest BCUT2D eigenvalue weighted by Gasteiger charge is 2.14. The number of rotatable bonds is 1. The second-order valence-corrected chi connectivity index (χ2v) is 3.99. The molecule has 1 aromatic rings. The van der Waals surface area contributed by atoms with E-state index in [9.17, 15) is 12.8 Å². The molecular weight excluding hydrogens is 183 g/mol. The lowest BCUT2D eigenvalue weighted by atomic mass is 10.7. The van der Waals surface area contributed by atoms with Gasteiger partial charge in [-0.25, -0.2) is 8.42 Å². The molecule has 0 aliphatic rings. The second-order valence-electron chi connectivity index (χ2n) is 1.50. The molecule has 10 heavy (non-hydrogen) atoms. The van der Waals surface area contributed by atoms with Crippen LogP contribution in [0.5, 0.6) is 0 Å². The average Bonchev–Trinajstić information content (AvgIpc) is 2.11. The van der Waals surface area contributed by atoms with E-state index < -0.39 is 20.2 Å². The van der Waals surface area contributed by atoms with Crippen molar-refractivity contribution in [3.05, 3.63) is 18.1 Å². The smallest absolute Gasteiger partial charge is 0.294 e. The second kappa shape index (κ2) is 2.25. The predicted octanol–water partition coefficient (Wildman–Crippen LogP) is 1.35. The first-order chi connectivity index (χ1) is 4.50.